The molecule has 60 valence electrons. The molecular formula is C6H12O3S. The zero-order chi connectivity index (χ0) is 8.36. The summed E-state index contributed by atoms with van der Waals surface area (Å²) in [6, 6.07) is 0. The van der Waals surface area contributed by atoms with Crippen molar-refractivity contribution in [1.29, 1.82) is 0 Å². The number of hydrogen-bond donors (Lipinski definition) is 1. The van der Waals surface area contributed by atoms with E-state index < -0.39 is 21.8 Å². The number of carboxylic acids is 1. The highest BCUT2D eigenvalue weighted by Crippen LogP contribution is 2.16. The van der Waals surface area contributed by atoms with E-state index in [1.54, 1.807) is 19.4 Å². The van der Waals surface area contributed by atoms with Crippen LogP contribution in [-0.2, 0) is 15.7 Å². The van der Waals surface area contributed by atoms with E-state index in [0.29, 0.717) is 0 Å². The van der Waals surface area contributed by atoms with Gasteiger partial charge in [0.2, 0.25) is 0 Å². The predicted octanol–water partition coefficient (Wildman–Crippen LogP) is -1.29. The molecule has 0 aliphatic heterocycles. The van der Waals surface area contributed by atoms with Crippen LogP contribution >= 0.6 is 0 Å². The van der Waals surface area contributed by atoms with Gasteiger partial charge >= 0.3 is 0 Å². The lowest BCUT2D eigenvalue weighted by Gasteiger charge is -2.23. The Hall–Kier alpha value is -0.220. The molecule has 0 fully saturated rings. The van der Waals surface area contributed by atoms with E-state index in [9.17, 15) is 15.0 Å². The van der Waals surface area contributed by atoms with Crippen LogP contribution in [0.5, 0.6) is 0 Å². The number of rotatable bonds is 3. The number of carbonyl (C=O) groups excluding carboxylic acids is 1. The molecule has 0 saturated heterocycles. The molecule has 0 bridgehead atoms. The molecule has 0 saturated carbocycles. The second-order valence-corrected chi connectivity index (χ2v) is 4.55. The van der Waals surface area contributed by atoms with Crippen molar-refractivity contribution in [2.75, 3.05) is 12.5 Å². The molecule has 1 atom stereocenters. The number of carbonyl (C=O) groups is 1. The summed E-state index contributed by atoms with van der Waals surface area (Å²) in [5, 5.41) is 19.7. The Morgan fingerprint density at radius 1 is 1.70 bits per heavy atom. The minimum absolute atomic E-state index is 0.200. The van der Waals surface area contributed by atoms with Crippen LogP contribution < -0.4 is 5.11 Å². The molecular weight excluding hydrogens is 152 g/mol. The molecule has 1 unspecified atom stereocenters. The Bertz CT molecular complexity index is 135. The van der Waals surface area contributed by atoms with E-state index in [-0.39, 0.29) is 6.42 Å². The number of aliphatic hydroxyl groups is 1. The number of carboxylic acid groups (broad SMARTS) is 1. The van der Waals surface area contributed by atoms with Gasteiger partial charge in [0.15, 0.2) is 0 Å². The molecule has 0 aromatic rings. The van der Waals surface area contributed by atoms with Crippen molar-refractivity contribution in [1.82, 2.24) is 0 Å². The van der Waals surface area contributed by atoms with Gasteiger partial charge in [-0.1, -0.05) is 6.92 Å². The van der Waals surface area contributed by atoms with Crippen LogP contribution in [0, 0.1) is 0 Å². The van der Waals surface area contributed by atoms with Crippen LogP contribution in [0.25, 0.3) is 0 Å². The van der Waals surface area contributed by atoms with Crippen LogP contribution in [0.15, 0.2) is 0 Å². The zero-order valence-electron chi connectivity index (χ0n) is 6.38. The van der Waals surface area contributed by atoms with Gasteiger partial charge in [0.25, 0.3) is 4.93 Å². The van der Waals surface area contributed by atoms with Gasteiger partial charge in [-0.2, -0.15) is 0 Å². The van der Waals surface area contributed by atoms with Gasteiger partial charge in [-0.3, -0.25) is 0 Å². The molecule has 0 heterocycles. The van der Waals surface area contributed by atoms with Crippen molar-refractivity contribution in [3.8, 4) is 0 Å². The normalized spacial score (nSPS) is 16.9. The molecule has 0 spiro atoms. The van der Waals surface area contributed by atoms with E-state index >= 15 is 0 Å². The first-order valence-electron chi connectivity index (χ1n) is 2.96. The van der Waals surface area contributed by atoms with Gasteiger partial charge in [-0.15, -0.1) is 0 Å². The van der Waals surface area contributed by atoms with Crippen molar-refractivity contribution in [2.45, 2.75) is 18.3 Å². The van der Waals surface area contributed by atoms with Gasteiger partial charge in [0.05, 0.1) is 0 Å². The number of aliphatic carboxylic acids is 1. The van der Waals surface area contributed by atoms with Gasteiger partial charge < -0.3 is 15.0 Å². The van der Waals surface area contributed by atoms with Crippen LogP contribution in [0.1, 0.15) is 13.3 Å². The zero-order valence-corrected chi connectivity index (χ0v) is 7.20. The van der Waals surface area contributed by atoms with Crippen molar-refractivity contribution in [3.63, 3.8) is 0 Å². The maximum absolute atomic E-state index is 10.3. The first-order chi connectivity index (χ1) is 4.45. The maximum atomic E-state index is 10.3. The molecule has 0 aliphatic rings. The topological polar surface area (TPSA) is 60.4 Å². The minimum atomic E-state index is -1.62. The summed E-state index contributed by atoms with van der Waals surface area (Å²) in [7, 11) is -0.556. The van der Waals surface area contributed by atoms with Crippen LogP contribution in [0.2, 0.25) is 0 Å². The van der Waals surface area contributed by atoms with Crippen LogP contribution in [0.4, 0.5) is 0 Å². The van der Waals surface area contributed by atoms with Crippen molar-refractivity contribution in [3.05, 3.63) is 0 Å². The monoisotopic (exact) mass is 164 g/mol. The third-order valence-electron chi connectivity index (χ3n) is 1.47. The standard InChI is InChI=1S/C6H12O3S/c1-4-6(9,5(7)8)10(2)3/h9H,4H2,1-3H3. The van der Waals surface area contributed by atoms with E-state index in [1.807, 2.05) is 0 Å². The fourth-order valence-corrected chi connectivity index (χ4v) is 1.51. The maximum Gasteiger partial charge on any atom is 0.265 e. The Balaban J connectivity index is 4.38. The summed E-state index contributed by atoms with van der Waals surface area (Å²) in [5.41, 5.74) is 0. The summed E-state index contributed by atoms with van der Waals surface area (Å²) in [4.78, 5) is 8.71. The summed E-state index contributed by atoms with van der Waals surface area (Å²) >= 11 is 0. The summed E-state index contributed by atoms with van der Waals surface area (Å²) in [6.45, 7) is 1.63. The third kappa shape index (κ3) is 1.64. The third-order valence-corrected chi connectivity index (χ3v) is 3.28. The molecule has 1 N–H and O–H groups in total. The highest BCUT2D eigenvalue weighted by molar-refractivity contribution is 7.97. The van der Waals surface area contributed by atoms with Gasteiger partial charge in [0, 0.05) is 17.3 Å². The largest absolute Gasteiger partial charge is 0.542 e. The number of hydrogen-bond acceptors (Lipinski definition) is 3. The lowest BCUT2D eigenvalue weighted by Crippen LogP contribution is -2.52. The molecule has 4 heteroatoms. The minimum Gasteiger partial charge on any atom is -0.542 e. The second kappa shape index (κ2) is 3.25. The molecule has 0 aliphatic carbocycles. The fourth-order valence-electron chi connectivity index (χ4n) is 0.600. The first-order valence-corrected chi connectivity index (χ1v) is 5.00. The highest BCUT2D eigenvalue weighted by atomic mass is 32.2. The highest BCUT2D eigenvalue weighted by Gasteiger charge is 2.39. The average molecular weight is 164 g/mol. The molecule has 0 rings (SSSR count). The predicted molar refractivity (Wildman–Crippen MR) is 39.5 cm³/mol. The second-order valence-electron chi connectivity index (χ2n) is 2.24. The van der Waals surface area contributed by atoms with Crippen LogP contribution in [0.3, 0.4) is 0 Å². The SMILES string of the molecule is CCC(O)(C(=O)[O-])[S+](C)C. The lowest BCUT2D eigenvalue weighted by molar-refractivity contribution is -0.318. The fraction of sp³-hybridized carbons (Fsp3) is 0.833. The van der Waals surface area contributed by atoms with E-state index in [2.05, 4.69) is 0 Å². The molecule has 3 nitrogen and oxygen atoms in total. The lowest BCUT2D eigenvalue weighted by atomic mass is 10.3. The smallest absolute Gasteiger partial charge is 0.265 e. The average Bonchev–Trinajstić information content (AvgIpc) is 1.85. The molecule has 10 heavy (non-hydrogen) atoms. The quantitative estimate of drug-likeness (QED) is 0.528. The van der Waals surface area contributed by atoms with Gasteiger partial charge in [-0.25, -0.2) is 0 Å². The van der Waals surface area contributed by atoms with Crippen molar-refractivity contribution in [2.24, 2.45) is 0 Å². The Morgan fingerprint density at radius 2 is 2.10 bits per heavy atom. The summed E-state index contributed by atoms with van der Waals surface area (Å²) in [5.74, 6) is -1.37. The molecule has 0 aromatic heterocycles. The molecule has 0 aromatic carbocycles. The Kier molecular flexibility index (Phi) is 3.18. The first kappa shape index (κ1) is 9.78. The summed E-state index contributed by atoms with van der Waals surface area (Å²) in [6.07, 6.45) is 3.56. The summed E-state index contributed by atoms with van der Waals surface area (Å²) < 4.78 is 0. The van der Waals surface area contributed by atoms with E-state index in [0.717, 1.165) is 0 Å². The Morgan fingerprint density at radius 3 is 2.10 bits per heavy atom. The van der Waals surface area contributed by atoms with Crippen molar-refractivity contribution >= 4 is 16.9 Å². The Labute approximate surface area is 63.4 Å². The van der Waals surface area contributed by atoms with Gasteiger partial charge in [0.1, 0.15) is 18.5 Å². The van der Waals surface area contributed by atoms with Crippen molar-refractivity contribution < 1.29 is 15.0 Å². The molecule has 0 radical (unpaired) electrons. The van der Waals surface area contributed by atoms with E-state index in [1.165, 1.54) is 0 Å². The molecule has 0 amide bonds. The van der Waals surface area contributed by atoms with E-state index in [4.69, 9.17) is 0 Å². The van der Waals surface area contributed by atoms with Gasteiger partial charge in [-0.05, 0) is 0 Å². The van der Waals surface area contributed by atoms with Crippen LogP contribution in [-0.4, -0.2) is 28.5 Å².